The first kappa shape index (κ1) is 21.5. The summed E-state index contributed by atoms with van der Waals surface area (Å²) < 4.78 is 25.7. The number of hydrogen-bond donors (Lipinski definition) is 0. The van der Waals surface area contributed by atoms with Crippen LogP contribution in [0.15, 0.2) is 24.3 Å². The van der Waals surface area contributed by atoms with Crippen LogP contribution in [0.2, 0.25) is 0 Å². The fourth-order valence-electron chi connectivity index (χ4n) is 3.06. The average molecular weight is 397 g/mol. The van der Waals surface area contributed by atoms with E-state index in [0.29, 0.717) is 12.2 Å². The predicted molar refractivity (Wildman–Crippen MR) is 111 cm³/mol. The molecule has 1 saturated heterocycles. The van der Waals surface area contributed by atoms with Crippen molar-refractivity contribution in [1.82, 2.24) is 9.80 Å². The molecule has 1 aliphatic rings. The smallest absolute Gasteiger partial charge is 0.243 e. The lowest BCUT2D eigenvalue weighted by molar-refractivity contribution is -0.128. The third-order valence-electron chi connectivity index (χ3n) is 4.96. The van der Waals surface area contributed by atoms with Crippen molar-refractivity contribution in [1.29, 1.82) is 0 Å². The van der Waals surface area contributed by atoms with Gasteiger partial charge in [-0.3, -0.25) is 9.10 Å². The van der Waals surface area contributed by atoms with Crippen LogP contribution < -0.4 is 9.21 Å². The normalized spacial score (nSPS) is 15.6. The van der Waals surface area contributed by atoms with Crippen LogP contribution in [0.25, 0.3) is 0 Å². The summed E-state index contributed by atoms with van der Waals surface area (Å²) in [5.74, 6) is -0.197. The molecule has 1 fully saturated rings. The van der Waals surface area contributed by atoms with Crippen molar-refractivity contribution in [3.05, 3.63) is 24.3 Å². The van der Waals surface area contributed by atoms with E-state index in [-0.39, 0.29) is 12.5 Å². The van der Waals surface area contributed by atoms with Crippen LogP contribution >= 0.6 is 0 Å². The lowest BCUT2D eigenvalue weighted by Gasteiger charge is -2.34. The number of unbranched alkanes of at least 4 members (excludes halogenated alkanes) is 1. The summed E-state index contributed by atoms with van der Waals surface area (Å²) in [5.41, 5.74) is 1.60. The predicted octanol–water partition coefficient (Wildman–Crippen LogP) is 1.46. The molecule has 1 aromatic rings. The van der Waals surface area contributed by atoms with Crippen molar-refractivity contribution in [2.75, 3.05) is 68.8 Å². The van der Waals surface area contributed by atoms with Crippen LogP contribution in [0.4, 0.5) is 11.4 Å². The van der Waals surface area contributed by atoms with Crippen molar-refractivity contribution in [2.24, 2.45) is 0 Å². The molecule has 0 aromatic heterocycles. The van der Waals surface area contributed by atoms with Gasteiger partial charge in [-0.1, -0.05) is 13.3 Å². The molecule has 0 unspecified atom stereocenters. The Morgan fingerprint density at radius 2 is 1.70 bits per heavy atom. The molecule has 0 bridgehead atoms. The first-order valence-corrected chi connectivity index (χ1v) is 11.3. The van der Waals surface area contributed by atoms with Crippen LogP contribution in [0.5, 0.6) is 0 Å². The number of carbonyl (C=O) groups excluding carboxylic acids is 1. The van der Waals surface area contributed by atoms with Gasteiger partial charge in [0.15, 0.2) is 0 Å². The minimum atomic E-state index is -3.55. The Morgan fingerprint density at radius 3 is 2.22 bits per heavy atom. The fraction of sp³-hybridized carbons (Fsp3) is 0.632. The molecule has 1 aromatic carbocycles. The van der Waals surface area contributed by atoms with E-state index in [9.17, 15) is 13.2 Å². The van der Waals surface area contributed by atoms with Crippen molar-refractivity contribution < 1.29 is 13.2 Å². The van der Waals surface area contributed by atoms with Gasteiger partial charge in [0.05, 0.1) is 11.9 Å². The van der Waals surface area contributed by atoms with E-state index in [1.807, 2.05) is 12.1 Å². The number of sulfonamides is 1. The van der Waals surface area contributed by atoms with Gasteiger partial charge in [0.25, 0.3) is 0 Å². The van der Waals surface area contributed by atoms with E-state index < -0.39 is 10.0 Å². The lowest BCUT2D eigenvalue weighted by Crippen LogP contribution is -2.44. The Bertz CT molecular complexity index is 713. The highest BCUT2D eigenvalue weighted by Crippen LogP contribution is 2.23. The number of anilines is 2. The molecule has 7 nitrogen and oxygen atoms in total. The molecular weight excluding hydrogens is 364 g/mol. The molecule has 1 heterocycles. The number of rotatable bonds is 8. The van der Waals surface area contributed by atoms with Crippen LogP contribution in [0, 0.1) is 0 Å². The quantitative estimate of drug-likeness (QED) is 0.666. The monoisotopic (exact) mass is 396 g/mol. The second-order valence-electron chi connectivity index (χ2n) is 7.25. The Morgan fingerprint density at radius 1 is 1.11 bits per heavy atom. The number of amides is 1. The van der Waals surface area contributed by atoms with Gasteiger partial charge < -0.3 is 14.7 Å². The molecule has 0 radical (unpaired) electrons. The van der Waals surface area contributed by atoms with Crippen molar-refractivity contribution >= 4 is 27.3 Å². The molecule has 8 heteroatoms. The number of likely N-dealkylation sites (N-methyl/N-ethyl adjacent to an activating group) is 2. The Balaban J connectivity index is 2.11. The zero-order valence-corrected chi connectivity index (χ0v) is 17.7. The summed E-state index contributed by atoms with van der Waals surface area (Å²) in [7, 11) is 0.281. The molecule has 1 aliphatic heterocycles. The molecule has 0 atom stereocenters. The maximum absolute atomic E-state index is 12.4. The third kappa shape index (κ3) is 6.10. The first-order chi connectivity index (χ1) is 12.7. The zero-order chi connectivity index (χ0) is 20.0. The Hall–Kier alpha value is -1.80. The van der Waals surface area contributed by atoms with Gasteiger partial charge in [-0.25, -0.2) is 8.42 Å². The van der Waals surface area contributed by atoms with Crippen LogP contribution in [-0.4, -0.2) is 83.7 Å². The van der Waals surface area contributed by atoms with E-state index in [1.54, 1.807) is 24.1 Å². The maximum atomic E-state index is 12.4. The summed E-state index contributed by atoms with van der Waals surface area (Å²) in [6, 6.07) is 7.44. The number of hydrogen-bond acceptors (Lipinski definition) is 5. The highest BCUT2D eigenvalue weighted by molar-refractivity contribution is 7.92. The fourth-order valence-corrected chi connectivity index (χ4v) is 3.91. The van der Waals surface area contributed by atoms with E-state index >= 15 is 0 Å². The van der Waals surface area contributed by atoms with E-state index in [0.717, 1.165) is 51.0 Å². The lowest BCUT2D eigenvalue weighted by atomic mass is 10.2. The number of piperazine rings is 1. The molecule has 27 heavy (non-hydrogen) atoms. The molecule has 2 rings (SSSR count). The van der Waals surface area contributed by atoms with E-state index in [1.165, 1.54) is 4.31 Å². The van der Waals surface area contributed by atoms with Gasteiger partial charge in [0.2, 0.25) is 15.9 Å². The van der Waals surface area contributed by atoms with Crippen LogP contribution in [-0.2, 0) is 14.8 Å². The van der Waals surface area contributed by atoms with Crippen LogP contribution in [0.1, 0.15) is 19.8 Å². The maximum Gasteiger partial charge on any atom is 0.243 e. The number of carbonyl (C=O) groups is 1. The summed E-state index contributed by atoms with van der Waals surface area (Å²) in [4.78, 5) is 18.6. The highest BCUT2D eigenvalue weighted by atomic mass is 32.2. The Kier molecular flexibility index (Phi) is 7.49. The summed E-state index contributed by atoms with van der Waals surface area (Å²) in [6.45, 7) is 6.44. The van der Waals surface area contributed by atoms with Gasteiger partial charge in [0.1, 0.15) is 6.54 Å². The van der Waals surface area contributed by atoms with Crippen molar-refractivity contribution in [3.8, 4) is 0 Å². The van der Waals surface area contributed by atoms with Gasteiger partial charge >= 0.3 is 0 Å². The zero-order valence-electron chi connectivity index (χ0n) is 16.9. The van der Waals surface area contributed by atoms with Crippen molar-refractivity contribution in [2.45, 2.75) is 19.8 Å². The van der Waals surface area contributed by atoms with Crippen LogP contribution in [0.3, 0.4) is 0 Å². The summed E-state index contributed by atoms with van der Waals surface area (Å²) in [6.07, 6.45) is 3.03. The number of nitrogens with zero attached hydrogens (tertiary/aromatic N) is 4. The molecule has 1 amide bonds. The SMILES string of the molecule is CCCCN(C)C(=O)CN(c1ccc(N2CCN(C)CC2)cc1)S(C)(=O)=O. The largest absolute Gasteiger partial charge is 0.369 e. The van der Waals surface area contributed by atoms with Gasteiger partial charge in [-0.2, -0.15) is 0 Å². The van der Waals surface area contributed by atoms with Crippen molar-refractivity contribution in [3.63, 3.8) is 0 Å². The third-order valence-corrected chi connectivity index (χ3v) is 6.10. The molecule has 0 N–H and O–H groups in total. The number of benzene rings is 1. The molecule has 0 spiro atoms. The minimum absolute atomic E-state index is 0.174. The first-order valence-electron chi connectivity index (χ1n) is 9.47. The van der Waals surface area contributed by atoms with Gasteiger partial charge in [-0.15, -0.1) is 0 Å². The second kappa shape index (κ2) is 9.41. The second-order valence-corrected chi connectivity index (χ2v) is 9.15. The van der Waals surface area contributed by atoms with E-state index in [2.05, 4.69) is 23.8 Å². The molecule has 0 saturated carbocycles. The standard InChI is InChI=1S/C19H32N4O3S/c1-5-6-11-21(3)19(24)16-23(27(4,25)26)18-9-7-17(8-10-18)22-14-12-20(2)13-15-22/h7-10H,5-6,11-16H2,1-4H3. The Labute approximate surface area is 163 Å². The molecule has 152 valence electrons. The van der Waals surface area contributed by atoms with E-state index in [4.69, 9.17) is 0 Å². The molecular formula is C19H32N4O3S. The highest BCUT2D eigenvalue weighted by Gasteiger charge is 2.23. The summed E-state index contributed by atoms with van der Waals surface area (Å²) >= 11 is 0. The topological polar surface area (TPSA) is 64.2 Å². The molecule has 0 aliphatic carbocycles. The minimum Gasteiger partial charge on any atom is -0.369 e. The summed E-state index contributed by atoms with van der Waals surface area (Å²) in [5, 5.41) is 0. The van der Waals surface area contributed by atoms with Gasteiger partial charge in [-0.05, 0) is 37.7 Å². The average Bonchev–Trinajstić information content (AvgIpc) is 2.64. The van der Waals surface area contributed by atoms with Gasteiger partial charge in [0, 0.05) is 45.5 Å².